The highest BCUT2D eigenvalue weighted by atomic mass is 79.9. The third kappa shape index (κ3) is 3.88. The van der Waals surface area contributed by atoms with Crippen LogP contribution in [-0.2, 0) is 17.9 Å². The molecule has 0 aliphatic heterocycles. The van der Waals surface area contributed by atoms with Crippen molar-refractivity contribution in [1.82, 2.24) is 14.7 Å². The Morgan fingerprint density at radius 3 is 2.64 bits per heavy atom. The Morgan fingerprint density at radius 2 is 2.09 bits per heavy atom. The van der Waals surface area contributed by atoms with Crippen molar-refractivity contribution in [1.29, 1.82) is 0 Å². The number of halogens is 2. The zero-order valence-corrected chi connectivity index (χ0v) is 13.2. The van der Waals surface area contributed by atoms with Crippen molar-refractivity contribution >= 4 is 27.7 Å². The van der Waals surface area contributed by atoms with Crippen LogP contribution in [0.5, 0.6) is 0 Å². The Kier molecular flexibility index (Phi) is 4.86. The molecule has 0 aliphatic rings. The lowest BCUT2D eigenvalue weighted by atomic mass is 10.2. The zero-order valence-electron chi connectivity index (χ0n) is 11.6. The molecule has 1 heterocycles. The highest BCUT2D eigenvalue weighted by Gasteiger charge is 2.21. The van der Waals surface area contributed by atoms with Crippen LogP contribution in [0.25, 0.3) is 0 Å². The minimum absolute atomic E-state index is 0.121. The fourth-order valence-electron chi connectivity index (χ4n) is 1.80. The standard InChI is InChI=1S/C13H12BrFN4O3/c1-17(6-9-2-4-10(15)5-3-9)12(20)8-18-7-11(14)13(16-18)19(21)22/h2-5,7H,6,8H2,1H3. The van der Waals surface area contributed by atoms with E-state index in [1.54, 1.807) is 19.2 Å². The number of hydrogen-bond donors (Lipinski definition) is 0. The van der Waals surface area contributed by atoms with Crippen molar-refractivity contribution in [3.8, 4) is 0 Å². The summed E-state index contributed by atoms with van der Waals surface area (Å²) in [4.78, 5) is 23.6. The van der Waals surface area contributed by atoms with Gasteiger partial charge in [-0.2, -0.15) is 4.68 Å². The lowest BCUT2D eigenvalue weighted by molar-refractivity contribution is -0.390. The highest BCUT2D eigenvalue weighted by Crippen LogP contribution is 2.22. The van der Waals surface area contributed by atoms with Gasteiger partial charge in [-0.1, -0.05) is 12.1 Å². The second-order valence-electron chi connectivity index (χ2n) is 4.63. The number of benzene rings is 1. The average Bonchev–Trinajstić information content (AvgIpc) is 2.82. The molecule has 1 amide bonds. The maximum absolute atomic E-state index is 12.8. The van der Waals surface area contributed by atoms with E-state index in [1.165, 1.54) is 27.9 Å². The fraction of sp³-hybridized carbons (Fsp3) is 0.231. The lowest BCUT2D eigenvalue weighted by Crippen LogP contribution is -2.30. The molecule has 116 valence electrons. The van der Waals surface area contributed by atoms with Gasteiger partial charge in [-0.3, -0.25) is 4.79 Å². The van der Waals surface area contributed by atoms with E-state index in [0.29, 0.717) is 6.54 Å². The summed E-state index contributed by atoms with van der Waals surface area (Å²) in [6.07, 6.45) is 1.38. The molecule has 22 heavy (non-hydrogen) atoms. The van der Waals surface area contributed by atoms with E-state index in [9.17, 15) is 19.3 Å². The van der Waals surface area contributed by atoms with Gasteiger partial charge >= 0.3 is 5.82 Å². The Bertz CT molecular complexity index is 702. The third-order valence-electron chi connectivity index (χ3n) is 2.93. The molecule has 0 fully saturated rings. The maximum Gasteiger partial charge on any atom is 0.404 e. The first-order valence-corrected chi connectivity index (χ1v) is 7.02. The summed E-state index contributed by atoms with van der Waals surface area (Å²) in [7, 11) is 1.60. The molecule has 0 bridgehead atoms. The van der Waals surface area contributed by atoms with Gasteiger partial charge in [0, 0.05) is 13.6 Å². The molecule has 0 atom stereocenters. The van der Waals surface area contributed by atoms with E-state index in [1.807, 2.05) is 0 Å². The van der Waals surface area contributed by atoms with Crippen molar-refractivity contribution in [3.63, 3.8) is 0 Å². The normalized spacial score (nSPS) is 10.5. The van der Waals surface area contributed by atoms with Gasteiger partial charge in [-0.15, -0.1) is 0 Å². The van der Waals surface area contributed by atoms with Gasteiger partial charge in [0.05, 0.1) is 11.3 Å². The Morgan fingerprint density at radius 1 is 1.45 bits per heavy atom. The van der Waals surface area contributed by atoms with Crippen molar-refractivity contribution < 1.29 is 14.1 Å². The average molecular weight is 371 g/mol. The topological polar surface area (TPSA) is 81.3 Å². The van der Waals surface area contributed by atoms with Crippen LogP contribution in [0.1, 0.15) is 5.56 Å². The molecule has 1 aromatic carbocycles. The molecule has 0 saturated heterocycles. The van der Waals surface area contributed by atoms with Gasteiger partial charge in [0.15, 0.2) is 0 Å². The van der Waals surface area contributed by atoms with Gasteiger partial charge in [0.2, 0.25) is 5.91 Å². The highest BCUT2D eigenvalue weighted by molar-refractivity contribution is 9.10. The largest absolute Gasteiger partial charge is 0.404 e. The van der Waals surface area contributed by atoms with Crippen molar-refractivity contribution in [2.75, 3.05) is 7.05 Å². The molecule has 7 nitrogen and oxygen atoms in total. The fourth-order valence-corrected chi connectivity index (χ4v) is 2.26. The number of carbonyl (C=O) groups excluding carboxylic acids is 1. The molecular formula is C13H12BrFN4O3. The number of likely N-dealkylation sites (N-methyl/N-ethyl adjacent to an activating group) is 1. The minimum Gasteiger partial charge on any atom is -0.358 e. The number of aromatic nitrogens is 2. The monoisotopic (exact) mass is 370 g/mol. The van der Waals surface area contributed by atoms with E-state index >= 15 is 0 Å². The first-order chi connectivity index (χ1) is 10.4. The smallest absolute Gasteiger partial charge is 0.358 e. The SMILES string of the molecule is CN(Cc1ccc(F)cc1)C(=O)Cn1cc(Br)c([N+](=O)[O-])n1. The Labute approximate surface area is 133 Å². The summed E-state index contributed by atoms with van der Waals surface area (Å²) < 4.78 is 14.2. The first-order valence-electron chi connectivity index (χ1n) is 6.22. The van der Waals surface area contributed by atoms with E-state index in [4.69, 9.17) is 0 Å². The van der Waals surface area contributed by atoms with Gasteiger partial charge < -0.3 is 15.0 Å². The lowest BCUT2D eigenvalue weighted by Gasteiger charge is -2.16. The summed E-state index contributed by atoms with van der Waals surface area (Å²) in [6.45, 7) is 0.188. The molecule has 0 N–H and O–H groups in total. The predicted molar refractivity (Wildman–Crippen MR) is 79.5 cm³/mol. The van der Waals surface area contributed by atoms with Crippen LogP contribution in [0.3, 0.4) is 0 Å². The molecule has 0 saturated carbocycles. The summed E-state index contributed by atoms with van der Waals surface area (Å²) in [5.41, 5.74) is 0.782. The molecule has 0 aliphatic carbocycles. The van der Waals surface area contributed by atoms with Gasteiger partial charge in [0.25, 0.3) is 0 Å². The van der Waals surface area contributed by atoms with Crippen LogP contribution in [-0.4, -0.2) is 32.6 Å². The summed E-state index contributed by atoms with van der Waals surface area (Å²) in [6, 6.07) is 5.83. The van der Waals surface area contributed by atoms with Crippen LogP contribution in [0.15, 0.2) is 34.9 Å². The van der Waals surface area contributed by atoms with Gasteiger partial charge in [-0.25, -0.2) is 4.39 Å². The number of amides is 1. The second kappa shape index (κ2) is 6.65. The second-order valence-corrected chi connectivity index (χ2v) is 5.49. The van der Waals surface area contributed by atoms with Crippen LogP contribution in [0.2, 0.25) is 0 Å². The minimum atomic E-state index is -0.632. The van der Waals surface area contributed by atoms with Crippen LogP contribution in [0, 0.1) is 15.9 Å². The van der Waals surface area contributed by atoms with E-state index < -0.39 is 4.92 Å². The number of nitro groups is 1. The summed E-state index contributed by atoms with van der Waals surface area (Å²) in [5.74, 6) is -0.949. The Balaban J connectivity index is 2.00. The van der Waals surface area contributed by atoms with Crippen molar-refractivity contribution in [2.24, 2.45) is 0 Å². The molecular weight excluding hydrogens is 359 g/mol. The van der Waals surface area contributed by atoms with E-state index in [0.717, 1.165) is 5.56 Å². The van der Waals surface area contributed by atoms with E-state index in [-0.39, 0.29) is 28.6 Å². The predicted octanol–water partition coefficient (Wildman–Crippen LogP) is 2.35. The summed E-state index contributed by atoms with van der Waals surface area (Å²) in [5, 5.41) is 14.4. The molecule has 0 unspecified atom stereocenters. The van der Waals surface area contributed by atoms with Gasteiger partial charge in [-0.05, 0) is 38.5 Å². The molecule has 2 aromatic rings. The molecule has 1 aromatic heterocycles. The van der Waals surface area contributed by atoms with Crippen LogP contribution < -0.4 is 0 Å². The molecule has 9 heteroatoms. The van der Waals surface area contributed by atoms with Gasteiger partial charge in [0.1, 0.15) is 16.8 Å². The number of hydrogen-bond acceptors (Lipinski definition) is 4. The number of nitrogens with zero attached hydrogens (tertiary/aromatic N) is 4. The maximum atomic E-state index is 12.8. The molecule has 2 rings (SSSR count). The summed E-state index contributed by atoms with van der Waals surface area (Å²) >= 11 is 3.02. The number of carbonyl (C=O) groups is 1. The number of rotatable bonds is 5. The van der Waals surface area contributed by atoms with Crippen LogP contribution in [0.4, 0.5) is 10.2 Å². The first kappa shape index (κ1) is 16.1. The van der Waals surface area contributed by atoms with E-state index in [2.05, 4.69) is 21.0 Å². The zero-order chi connectivity index (χ0) is 16.3. The van der Waals surface area contributed by atoms with Crippen molar-refractivity contribution in [2.45, 2.75) is 13.1 Å². The Hall–Kier alpha value is -2.29. The van der Waals surface area contributed by atoms with Crippen LogP contribution >= 0.6 is 15.9 Å². The van der Waals surface area contributed by atoms with Crippen molar-refractivity contribution in [3.05, 3.63) is 56.4 Å². The molecule has 0 radical (unpaired) electrons. The quantitative estimate of drug-likeness (QED) is 0.597. The third-order valence-corrected chi connectivity index (χ3v) is 3.49. The molecule has 0 spiro atoms.